The van der Waals surface area contributed by atoms with Crippen LogP contribution in [0.2, 0.25) is 0 Å². The van der Waals surface area contributed by atoms with Crippen molar-refractivity contribution in [2.45, 2.75) is 58.7 Å². The first-order chi connectivity index (χ1) is 8.56. The molecule has 2 unspecified atom stereocenters. The fourth-order valence-corrected chi connectivity index (χ4v) is 2.75. The van der Waals surface area contributed by atoms with Gasteiger partial charge in [0, 0.05) is 5.56 Å². The van der Waals surface area contributed by atoms with Crippen molar-refractivity contribution in [3.8, 4) is 5.75 Å². The second kappa shape index (κ2) is 5.75. The first-order valence-electron chi connectivity index (χ1n) is 7.01. The molecule has 0 aliphatic heterocycles. The van der Waals surface area contributed by atoms with Gasteiger partial charge in [0.1, 0.15) is 5.75 Å². The van der Waals surface area contributed by atoms with E-state index in [-0.39, 0.29) is 0 Å². The normalized spacial score (nSPS) is 25.8. The molecule has 0 bridgehead atoms. The van der Waals surface area contributed by atoms with E-state index >= 15 is 0 Å². The van der Waals surface area contributed by atoms with Crippen LogP contribution in [0.25, 0.3) is 0 Å². The summed E-state index contributed by atoms with van der Waals surface area (Å²) in [4.78, 5) is 0. The van der Waals surface area contributed by atoms with Gasteiger partial charge in [0.05, 0.1) is 12.2 Å². The summed E-state index contributed by atoms with van der Waals surface area (Å²) in [5, 5.41) is 9.80. The number of hydrogen-bond acceptors (Lipinski definition) is 2. The average molecular weight is 248 g/mol. The summed E-state index contributed by atoms with van der Waals surface area (Å²) in [6.07, 6.45) is 4.68. The van der Waals surface area contributed by atoms with Crippen molar-refractivity contribution in [2.24, 2.45) is 5.92 Å². The largest absolute Gasteiger partial charge is 0.490 e. The molecule has 1 fully saturated rings. The lowest BCUT2D eigenvalue weighted by Crippen LogP contribution is -2.24. The molecule has 3 atom stereocenters. The zero-order valence-electron chi connectivity index (χ0n) is 11.6. The fraction of sp³-hybridized carbons (Fsp3) is 0.625. The molecule has 1 aromatic carbocycles. The summed E-state index contributed by atoms with van der Waals surface area (Å²) in [6.45, 7) is 6.14. The zero-order chi connectivity index (χ0) is 13.1. The zero-order valence-corrected chi connectivity index (χ0v) is 11.6. The van der Waals surface area contributed by atoms with E-state index in [2.05, 4.69) is 13.8 Å². The standard InChI is InChI=1S/C16H24O2/c1-11-5-4-6-14(9-11)18-16-10-12(2)7-8-15(16)13(3)17/h7-8,10-11,13-14,17H,4-6,9H2,1-3H3/t11?,13-,14?/m0/s1. The molecule has 0 heterocycles. The molecule has 0 amide bonds. The van der Waals surface area contributed by atoms with Crippen molar-refractivity contribution in [1.82, 2.24) is 0 Å². The first-order valence-corrected chi connectivity index (χ1v) is 7.01. The molecular weight excluding hydrogens is 224 g/mol. The van der Waals surface area contributed by atoms with E-state index in [9.17, 15) is 5.11 Å². The summed E-state index contributed by atoms with van der Waals surface area (Å²) in [5.74, 6) is 1.62. The monoisotopic (exact) mass is 248 g/mol. The van der Waals surface area contributed by atoms with Crippen LogP contribution in [-0.2, 0) is 0 Å². The van der Waals surface area contributed by atoms with Gasteiger partial charge in [-0.25, -0.2) is 0 Å². The summed E-state index contributed by atoms with van der Waals surface area (Å²) >= 11 is 0. The third-order valence-corrected chi connectivity index (χ3v) is 3.80. The van der Waals surface area contributed by atoms with Crippen LogP contribution in [-0.4, -0.2) is 11.2 Å². The van der Waals surface area contributed by atoms with Crippen LogP contribution in [0.5, 0.6) is 5.75 Å². The van der Waals surface area contributed by atoms with Crippen LogP contribution in [0.1, 0.15) is 56.8 Å². The van der Waals surface area contributed by atoms with Gasteiger partial charge in [-0.1, -0.05) is 25.5 Å². The predicted molar refractivity (Wildman–Crippen MR) is 73.9 cm³/mol. The molecular formula is C16H24O2. The molecule has 0 spiro atoms. The Morgan fingerprint density at radius 3 is 2.78 bits per heavy atom. The lowest BCUT2D eigenvalue weighted by molar-refractivity contribution is 0.121. The Labute approximate surface area is 110 Å². The van der Waals surface area contributed by atoms with Crippen molar-refractivity contribution in [1.29, 1.82) is 0 Å². The van der Waals surface area contributed by atoms with Gasteiger partial charge in [0.2, 0.25) is 0 Å². The van der Waals surface area contributed by atoms with Crippen LogP contribution >= 0.6 is 0 Å². The maximum absolute atomic E-state index is 9.80. The van der Waals surface area contributed by atoms with Crippen molar-refractivity contribution < 1.29 is 9.84 Å². The van der Waals surface area contributed by atoms with Gasteiger partial charge in [-0.3, -0.25) is 0 Å². The maximum Gasteiger partial charge on any atom is 0.125 e. The fourth-order valence-electron chi connectivity index (χ4n) is 2.75. The lowest BCUT2D eigenvalue weighted by Gasteiger charge is -2.28. The van der Waals surface area contributed by atoms with E-state index in [1.165, 1.54) is 18.4 Å². The number of aryl methyl sites for hydroxylation is 1. The summed E-state index contributed by atoms with van der Waals surface area (Å²) in [5.41, 5.74) is 2.08. The van der Waals surface area contributed by atoms with Gasteiger partial charge in [-0.05, 0) is 50.7 Å². The topological polar surface area (TPSA) is 29.5 Å². The Morgan fingerprint density at radius 1 is 1.33 bits per heavy atom. The number of benzene rings is 1. The Morgan fingerprint density at radius 2 is 2.11 bits per heavy atom. The minimum atomic E-state index is -0.471. The molecule has 0 saturated heterocycles. The number of hydrogen-bond donors (Lipinski definition) is 1. The van der Waals surface area contributed by atoms with E-state index in [0.717, 1.165) is 30.1 Å². The number of aliphatic hydroxyl groups is 1. The van der Waals surface area contributed by atoms with Gasteiger partial charge in [0.25, 0.3) is 0 Å². The molecule has 18 heavy (non-hydrogen) atoms. The van der Waals surface area contributed by atoms with Gasteiger partial charge >= 0.3 is 0 Å². The van der Waals surface area contributed by atoms with Crippen LogP contribution in [0, 0.1) is 12.8 Å². The van der Waals surface area contributed by atoms with Crippen LogP contribution < -0.4 is 4.74 Å². The molecule has 1 N–H and O–H groups in total. The quantitative estimate of drug-likeness (QED) is 0.876. The molecule has 1 aromatic rings. The predicted octanol–water partition coefficient (Wildman–Crippen LogP) is 4.01. The van der Waals surface area contributed by atoms with E-state index < -0.39 is 6.10 Å². The highest BCUT2D eigenvalue weighted by molar-refractivity contribution is 5.38. The Hall–Kier alpha value is -1.02. The molecule has 1 aliphatic rings. The van der Waals surface area contributed by atoms with E-state index in [1.807, 2.05) is 18.2 Å². The van der Waals surface area contributed by atoms with Crippen molar-refractivity contribution >= 4 is 0 Å². The highest BCUT2D eigenvalue weighted by Gasteiger charge is 2.21. The summed E-state index contributed by atoms with van der Waals surface area (Å²) in [7, 11) is 0. The Kier molecular flexibility index (Phi) is 4.28. The van der Waals surface area contributed by atoms with Crippen LogP contribution in [0.4, 0.5) is 0 Å². The maximum atomic E-state index is 9.80. The van der Waals surface area contributed by atoms with Gasteiger partial charge in [0.15, 0.2) is 0 Å². The third-order valence-electron chi connectivity index (χ3n) is 3.80. The van der Waals surface area contributed by atoms with Crippen molar-refractivity contribution in [3.05, 3.63) is 29.3 Å². The lowest BCUT2D eigenvalue weighted by atomic mass is 9.88. The number of rotatable bonds is 3. The van der Waals surface area contributed by atoms with Crippen molar-refractivity contribution in [2.75, 3.05) is 0 Å². The SMILES string of the molecule is Cc1ccc([C@H](C)O)c(OC2CCCC(C)C2)c1. The van der Waals surface area contributed by atoms with Crippen LogP contribution in [0.3, 0.4) is 0 Å². The smallest absolute Gasteiger partial charge is 0.125 e. The minimum absolute atomic E-state index is 0.313. The molecule has 0 radical (unpaired) electrons. The highest BCUT2D eigenvalue weighted by atomic mass is 16.5. The highest BCUT2D eigenvalue weighted by Crippen LogP contribution is 2.31. The van der Waals surface area contributed by atoms with Gasteiger partial charge in [-0.2, -0.15) is 0 Å². The molecule has 2 nitrogen and oxygen atoms in total. The first kappa shape index (κ1) is 13.4. The average Bonchev–Trinajstić information content (AvgIpc) is 2.28. The van der Waals surface area contributed by atoms with Gasteiger partial charge < -0.3 is 9.84 Å². The van der Waals surface area contributed by atoms with Gasteiger partial charge in [-0.15, -0.1) is 0 Å². The Bertz CT molecular complexity index is 398. The molecule has 100 valence electrons. The summed E-state index contributed by atoms with van der Waals surface area (Å²) in [6, 6.07) is 6.04. The second-order valence-electron chi connectivity index (χ2n) is 5.73. The molecule has 2 heteroatoms. The number of ether oxygens (including phenoxy) is 1. The van der Waals surface area contributed by atoms with Crippen LogP contribution in [0.15, 0.2) is 18.2 Å². The molecule has 1 saturated carbocycles. The Balaban J connectivity index is 2.14. The number of aliphatic hydroxyl groups excluding tert-OH is 1. The van der Waals surface area contributed by atoms with E-state index in [4.69, 9.17) is 4.74 Å². The third kappa shape index (κ3) is 3.26. The van der Waals surface area contributed by atoms with Crippen molar-refractivity contribution in [3.63, 3.8) is 0 Å². The van der Waals surface area contributed by atoms with E-state index in [0.29, 0.717) is 6.10 Å². The minimum Gasteiger partial charge on any atom is -0.490 e. The molecule has 1 aliphatic carbocycles. The molecule has 0 aromatic heterocycles. The summed E-state index contributed by atoms with van der Waals surface area (Å²) < 4.78 is 6.14. The van der Waals surface area contributed by atoms with E-state index in [1.54, 1.807) is 6.92 Å². The molecule has 2 rings (SSSR count). The second-order valence-corrected chi connectivity index (χ2v) is 5.73.